The second-order valence-electron chi connectivity index (χ2n) is 4.59. The van der Waals surface area contributed by atoms with Crippen molar-refractivity contribution in [3.05, 3.63) is 12.2 Å². The molecule has 0 aromatic carbocycles. The Balaban J connectivity index is 3.68. The van der Waals surface area contributed by atoms with Crippen molar-refractivity contribution < 1.29 is 9.47 Å². The molecule has 0 amide bonds. The fourth-order valence-electron chi connectivity index (χ4n) is 2.09. The van der Waals surface area contributed by atoms with E-state index in [0.717, 1.165) is 12.8 Å². The van der Waals surface area contributed by atoms with Crippen LogP contribution in [0.4, 0.5) is 0 Å². The lowest BCUT2D eigenvalue weighted by Gasteiger charge is -2.27. The minimum absolute atomic E-state index is 0.502. The van der Waals surface area contributed by atoms with E-state index in [4.69, 9.17) is 9.47 Å². The van der Waals surface area contributed by atoms with Gasteiger partial charge in [-0.25, -0.2) is 0 Å². The molecule has 2 nitrogen and oxygen atoms in total. The maximum Gasteiger partial charge on any atom is 0.187 e. The summed E-state index contributed by atoms with van der Waals surface area (Å²) in [4.78, 5) is 0. The van der Waals surface area contributed by atoms with E-state index in [0.29, 0.717) is 0 Å². The molecule has 17 heavy (non-hydrogen) atoms. The Kier molecular flexibility index (Phi) is 10.6. The van der Waals surface area contributed by atoms with E-state index in [1.54, 1.807) is 14.2 Å². The fourth-order valence-corrected chi connectivity index (χ4v) is 2.09. The highest BCUT2D eigenvalue weighted by atomic mass is 16.7. The van der Waals surface area contributed by atoms with Gasteiger partial charge >= 0.3 is 0 Å². The summed E-state index contributed by atoms with van der Waals surface area (Å²) < 4.78 is 10.9. The van der Waals surface area contributed by atoms with Crippen LogP contribution in [0.1, 0.15) is 65.2 Å². The number of unbranched alkanes of at least 4 members (excludes halogenated alkanes) is 6. The monoisotopic (exact) mass is 242 g/mol. The van der Waals surface area contributed by atoms with Crippen molar-refractivity contribution >= 4 is 0 Å². The molecule has 0 unspecified atom stereocenters. The topological polar surface area (TPSA) is 18.5 Å². The van der Waals surface area contributed by atoms with E-state index < -0.39 is 5.79 Å². The average Bonchev–Trinajstić information content (AvgIpc) is 2.36. The number of rotatable bonds is 11. The third kappa shape index (κ3) is 7.56. The number of allylic oxidation sites excluding steroid dienone is 1. The minimum atomic E-state index is -0.502. The molecule has 0 saturated heterocycles. The first-order valence-corrected chi connectivity index (χ1v) is 6.98. The molecule has 2 heteroatoms. The lowest BCUT2D eigenvalue weighted by Crippen LogP contribution is -2.31. The lowest BCUT2D eigenvalue weighted by molar-refractivity contribution is -0.175. The Morgan fingerprint density at radius 1 is 0.882 bits per heavy atom. The summed E-state index contributed by atoms with van der Waals surface area (Å²) >= 11 is 0. The van der Waals surface area contributed by atoms with E-state index in [-0.39, 0.29) is 0 Å². The summed E-state index contributed by atoms with van der Waals surface area (Å²) in [7, 11) is 3.43. The standard InChI is InChI=1S/C15H30O2/c1-5-7-8-9-10-11-12-14-15(16-3,17-4)13-6-2/h6,13H,5,7-12,14H2,1-4H3. The summed E-state index contributed by atoms with van der Waals surface area (Å²) in [5, 5.41) is 0. The molecular formula is C15H30O2. The van der Waals surface area contributed by atoms with E-state index in [1.165, 1.54) is 38.5 Å². The molecule has 0 rings (SSSR count). The predicted octanol–water partition coefficient (Wildman–Crippen LogP) is 4.69. The van der Waals surface area contributed by atoms with Crippen LogP contribution >= 0.6 is 0 Å². The van der Waals surface area contributed by atoms with E-state index in [1.807, 2.05) is 19.1 Å². The Bertz CT molecular complexity index is 183. The maximum atomic E-state index is 5.46. The van der Waals surface area contributed by atoms with Gasteiger partial charge in [0.05, 0.1) is 0 Å². The zero-order chi connectivity index (χ0) is 13.0. The molecule has 0 heterocycles. The molecule has 0 aliphatic heterocycles. The van der Waals surface area contributed by atoms with Crippen molar-refractivity contribution in [2.75, 3.05) is 14.2 Å². The minimum Gasteiger partial charge on any atom is -0.350 e. The molecule has 0 spiro atoms. The van der Waals surface area contributed by atoms with Crippen LogP contribution in [0.15, 0.2) is 12.2 Å². The van der Waals surface area contributed by atoms with Crippen LogP contribution in [0, 0.1) is 0 Å². The Hall–Kier alpha value is -0.340. The lowest BCUT2D eigenvalue weighted by atomic mass is 10.0. The highest BCUT2D eigenvalue weighted by Gasteiger charge is 2.24. The van der Waals surface area contributed by atoms with Gasteiger partial charge in [0.1, 0.15) is 0 Å². The highest BCUT2D eigenvalue weighted by Crippen LogP contribution is 2.22. The molecule has 0 atom stereocenters. The molecule has 0 bridgehead atoms. The van der Waals surface area contributed by atoms with Gasteiger partial charge in [-0.3, -0.25) is 0 Å². The number of hydrogen-bond acceptors (Lipinski definition) is 2. The van der Waals surface area contributed by atoms with Gasteiger partial charge in [-0.15, -0.1) is 0 Å². The van der Waals surface area contributed by atoms with Gasteiger partial charge in [0.2, 0.25) is 0 Å². The number of methoxy groups -OCH3 is 2. The van der Waals surface area contributed by atoms with Gasteiger partial charge in [0, 0.05) is 20.6 Å². The Morgan fingerprint density at radius 2 is 1.41 bits per heavy atom. The fraction of sp³-hybridized carbons (Fsp3) is 0.867. The molecule has 0 fully saturated rings. The summed E-state index contributed by atoms with van der Waals surface area (Å²) in [6, 6.07) is 0. The van der Waals surface area contributed by atoms with Crippen LogP contribution in [0.25, 0.3) is 0 Å². The van der Waals surface area contributed by atoms with Crippen molar-refractivity contribution in [1.82, 2.24) is 0 Å². The largest absolute Gasteiger partial charge is 0.350 e. The van der Waals surface area contributed by atoms with Crippen LogP contribution in [-0.2, 0) is 9.47 Å². The van der Waals surface area contributed by atoms with Crippen molar-refractivity contribution in [3.63, 3.8) is 0 Å². The second-order valence-corrected chi connectivity index (χ2v) is 4.59. The normalized spacial score (nSPS) is 12.5. The number of ether oxygens (including phenoxy) is 2. The first-order valence-electron chi connectivity index (χ1n) is 6.98. The summed E-state index contributed by atoms with van der Waals surface area (Å²) in [6.45, 7) is 4.25. The summed E-state index contributed by atoms with van der Waals surface area (Å²) in [5.74, 6) is -0.502. The van der Waals surface area contributed by atoms with E-state index in [9.17, 15) is 0 Å². The van der Waals surface area contributed by atoms with Crippen molar-refractivity contribution in [2.24, 2.45) is 0 Å². The zero-order valence-corrected chi connectivity index (χ0v) is 12.1. The third-order valence-electron chi connectivity index (χ3n) is 3.24. The van der Waals surface area contributed by atoms with Crippen molar-refractivity contribution in [1.29, 1.82) is 0 Å². The molecular weight excluding hydrogens is 212 g/mol. The van der Waals surface area contributed by atoms with Crippen LogP contribution in [0.5, 0.6) is 0 Å². The molecule has 0 aliphatic carbocycles. The Labute approximate surface area is 107 Å². The van der Waals surface area contributed by atoms with Gasteiger partial charge < -0.3 is 9.47 Å². The molecule has 0 radical (unpaired) electrons. The zero-order valence-electron chi connectivity index (χ0n) is 12.1. The van der Waals surface area contributed by atoms with Crippen LogP contribution in [0.2, 0.25) is 0 Å². The SMILES string of the molecule is CC=CC(CCCCCCCCC)(OC)OC. The first kappa shape index (κ1) is 16.7. The van der Waals surface area contributed by atoms with Gasteiger partial charge in [-0.1, -0.05) is 51.5 Å². The van der Waals surface area contributed by atoms with Gasteiger partial charge in [0.25, 0.3) is 0 Å². The predicted molar refractivity (Wildman–Crippen MR) is 74.2 cm³/mol. The molecule has 0 aromatic rings. The van der Waals surface area contributed by atoms with Crippen LogP contribution in [0.3, 0.4) is 0 Å². The van der Waals surface area contributed by atoms with Gasteiger partial charge in [0.15, 0.2) is 5.79 Å². The quantitative estimate of drug-likeness (QED) is 0.297. The molecule has 0 aromatic heterocycles. The van der Waals surface area contributed by atoms with Crippen LogP contribution in [-0.4, -0.2) is 20.0 Å². The summed E-state index contributed by atoms with van der Waals surface area (Å²) in [6.07, 6.45) is 14.1. The van der Waals surface area contributed by atoms with E-state index in [2.05, 4.69) is 6.92 Å². The van der Waals surface area contributed by atoms with Gasteiger partial charge in [-0.2, -0.15) is 0 Å². The molecule has 0 N–H and O–H groups in total. The average molecular weight is 242 g/mol. The van der Waals surface area contributed by atoms with Crippen molar-refractivity contribution in [3.8, 4) is 0 Å². The Morgan fingerprint density at radius 3 is 1.88 bits per heavy atom. The first-order chi connectivity index (χ1) is 8.24. The molecule has 0 aliphatic rings. The van der Waals surface area contributed by atoms with E-state index >= 15 is 0 Å². The summed E-state index contributed by atoms with van der Waals surface area (Å²) in [5.41, 5.74) is 0. The number of hydrogen-bond donors (Lipinski definition) is 0. The maximum absolute atomic E-state index is 5.46. The van der Waals surface area contributed by atoms with Crippen molar-refractivity contribution in [2.45, 2.75) is 71.0 Å². The highest BCUT2D eigenvalue weighted by molar-refractivity contribution is 4.94. The third-order valence-corrected chi connectivity index (χ3v) is 3.24. The smallest absolute Gasteiger partial charge is 0.187 e. The molecule has 102 valence electrons. The van der Waals surface area contributed by atoms with Crippen LogP contribution < -0.4 is 0 Å². The molecule has 0 saturated carbocycles. The second kappa shape index (κ2) is 10.8. The van der Waals surface area contributed by atoms with Gasteiger partial charge in [-0.05, 0) is 19.4 Å².